The first-order chi connectivity index (χ1) is 17.2. The lowest BCUT2D eigenvalue weighted by Gasteiger charge is -2.28. The maximum atomic E-state index is 13.2. The molecule has 9 heteroatoms. The van der Waals surface area contributed by atoms with E-state index in [-0.39, 0.29) is 18.2 Å². The molecule has 36 heavy (non-hydrogen) atoms. The van der Waals surface area contributed by atoms with Gasteiger partial charge in [-0.25, -0.2) is 0 Å². The number of hydrogen-bond donors (Lipinski definition) is 1. The van der Waals surface area contributed by atoms with Crippen molar-refractivity contribution in [1.29, 1.82) is 0 Å². The molecule has 0 bridgehead atoms. The number of amides is 2. The van der Waals surface area contributed by atoms with E-state index in [0.717, 1.165) is 53.7 Å². The Labute approximate surface area is 219 Å². The fourth-order valence-electron chi connectivity index (χ4n) is 5.13. The number of carbonyl (C=O) groups excluding carboxylic acids is 2. The van der Waals surface area contributed by atoms with E-state index in [4.69, 9.17) is 16.3 Å². The average Bonchev–Trinajstić information content (AvgIpc) is 3.52. The number of rotatable bonds is 5. The van der Waals surface area contributed by atoms with Crippen LogP contribution in [0.3, 0.4) is 0 Å². The fourth-order valence-corrected chi connectivity index (χ4v) is 6.67. The third-order valence-corrected chi connectivity index (χ3v) is 8.65. The summed E-state index contributed by atoms with van der Waals surface area (Å²) in [5.41, 5.74) is 1.58. The Bertz CT molecular complexity index is 1330. The number of likely N-dealkylation sites (N-methyl/N-ethyl adjacent to an activating group) is 1. The van der Waals surface area contributed by atoms with E-state index in [2.05, 4.69) is 4.98 Å². The SMILES string of the molecule is CCC(O)(C(=O)N(C)C)c1cc2nccc(-c3cc(Cl)cc4c3OC(C(=O)N3CCCCC3)C4)c2s1. The zero-order chi connectivity index (χ0) is 25.6. The molecule has 1 fully saturated rings. The van der Waals surface area contributed by atoms with Crippen molar-refractivity contribution < 1.29 is 19.4 Å². The van der Waals surface area contributed by atoms with Crippen LogP contribution in [0.1, 0.15) is 43.0 Å². The second-order valence-corrected chi connectivity index (χ2v) is 11.2. The molecule has 2 amide bonds. The molecule has 7 nitrogen and oxygen atoms in total. The van der Waals surface area contributed by atoms with Gasteiger partial charge >= 0.3 is 0 Å². The Morgan fingerprint density at radius 2 is 1.97 bits per heavy atom. The Hall–Kier alpha value is -2.68. The van der Waals surface area contributed by atoms with Gasteiger partial charge in [0.05, 0.1) is 10.2 Å². The molecule has 2 aromatic heterocycles. The molecule has 3 aromatic rings. The van der Waals surface area contributed by atoms with E-state index >= 15 is 0 Å². The van der Waals surface area contributed by atoms with E-state index in [9.17, 15) is 14.7 Å². The van der Waals surface area contributed by atoms with Gasteiger partial charge in [-0.15, -0.1) is 11.3 Å². The van der Waals surface area contributed by atoms with E-state index in [0.29, 0.717) is 27.6 Å². The van der Waals surface area contributed by atoms with Crippen molar-refractivity contribution in [2.75, 3.05) is 27.2 Å². The monoisotopic (exact) mass is 527 g/mol. The summed E-state index contributed by atoms with van der Waals surface area (Å²) in [6.07, 6.45) is 5.07. The van der Waals surface area contributed by atoms with Crippen LogP contribution in [0.2, 0.25) is 5.02 Å². The molecule has 1 aromatic carbocycles. The molecule has 5 rings (SSSR count). The first-order valence-corrected chi connectivity index (χ1v) is 13.5. The smallest absolute Gasteiger partial charge is 0.263 e. The minimum absolute atomic E-state index is 0.0291. The van der Waals surface area contributed by atoms with Crippen LogP contribution in [0.15, 0.2) is 30.5 Å². The highest BCUT2D eigenvalue weighted by Gasteiger charge is 2.40. The highest BCUT2D eigenvalue weighted by molar-refractivity contribution is 7.19. The van der Waals surface area contributed by atoms with Crippen molar-refractivity contribution in [1.82, 2.24) is 14.8 Å². The van der Waals surface area contributed by atoms with Crippen molar-refractivity contribution in [3.63, 3.8) is 0 Å². The predicted octanol–water partition coefficient (Wildman–Crippen LogP) is 4.62. The maximum absolute atomic E-state index is 13.2. The molecule has 4 heterocycles. The topological polar surface area (TPSA) is 83.0 Å². The molecule has 2 unspecified atom stereocenters. The molecule has 0 radical (unpaired) electrons. The number of pyridine rings is 1. The second kappa shape index (κ2) is 9.65. The summed E-state index contributed by atoms with van der Waals surface area (Å²) in [4.78, 5) is 34.4. The summed E-state index contributed by atoms with van der Waals surface area (Å²) in [6.45, 7) is 3.34. The Morgan fingerprint density at radius 1 is 1.22 bits per heavy atom. The van der Waals surface area contributed by atoms with Crippen LogP contribution in [0.25, 0.3) is 21.3 Å². The Morgan fingerprint density at radius 3 is 2.67 bits per heavy atom. The van der Waals surface area contributed by atoms with Crippen LogP contribution in [0, 0.1) is 0 Å². The number of aromatic nitrogens is 1. The van der Waals surface area contributed by atoms with Gasteiger partial charge in [-0.3, -0.25) is 14.6 Å². The van der Waals surface area contributed by atoms with Crippen LogP contribution in [-0.2, 0) is 21.6 Å². The van der Waals surface area contributed by atoms with E-state index in [1.54, 1.807) is 33.3 Å². The molecule has 2 aliphatic heterocycles. The Balaban J connectivity index is 1.55. The van der Waals surface area contributed by atoms with Gasteiger partial charge in [-0.1, -0.05) is 18.5 Å². The number of halogens is 1. The summed E-state index contributed by atoms with van der Waals surface area (Å²) in [6, 6.07) is 7.38. The Kier molecular flexibility index (Phi) is 6.70. The number of hydrogen-bond acceptors (Lipinski definition) is 6. The minimum atomic E-state index is -1.63. The van der Waals surface area contributed by atoms with Crippen LogP contribution in [-0.4, -0.2) is 65.0 Å². The maximum Gasteiger partial charge on any atom is 0.263 e. The van der Waals surface area contributed by atoms with Crippen molar-refractivity contribution in [3.05, 3.63) is 45.9 Å². The van der Waals surface area contributed by atoms with Crippen molar-refractivity contribution in [2.24, 2.45) is 0 Å². The highest BCUT2D eigenvalue weighted by Crippen LogP contribution is 2.46. The number of nitrogens with zero attached hydrogens (tertiary/aromatic N) is 3. The number of piperidine rings is 1. The van der Waals surface area contributed by atoms with Crippen molar-refractivity contribution in [3.8, 4) is 16.9 Å². The van der Waals surface area contributed by atoms with E-state index in [1.165, 1.54) is 16.2 Å². The number of aliphatic hydroxyl groups is 1. The normalized spacial score (nSPS) is 19.0. The molecule has 0 spiro atoms. The highest BCUT2D eigenvalue weighted by atomic mass is 35.5. The third-order valence-electron chi connectivity index (χ3n) is 7.12. The fraction of sp³-hybridized carbons (Fsp3) is 0.444. The van der Waals surface area contributed by atoms with Gasteiger partial charge in [0.25, 0.3) is 11.8 Å². The molecule has 1 saturated heterocycles. The lowest BCUT2D eigenvalue weighted by atomic mass is 9.96. The zero-order valence-electron chi connectivity index (χ0n) is 20.7. The molecular weight excluding hydrogens is 498 g/mol. The van der Waals surface area contributed by atoms with Gasteiger partial charge in [-0.05, 0) is 49.9 Å². The molecule has 2 atom stereocenters. The summed E-state index contributed by atoms with van der Waals surface area (Å²) in [5, 5.41) is 11.9. The molecule has 2 aliphatic rings. The van der Waals surface area contributed by atoms with E-state index in [1.807, 2.05) is 23.1 Å². The summed E-state index contributed by atoms with van der Waals surface area (Å²) >= 11 is 7.87. The molecule has 190 valence electrons. The number of fused-ring (bicyclic) bond motifs is 2. The summed E-state index contributed by atoms with van der Waals surface area (Å²) in [5.74, 6) is 0.318. The summed E-state index contributed by atoms with van der Waals surface area (Å²) < 4.78 is 7.12. The standard InChI is InChI=1S/C27H30ClN3O4S/c1-4-27(34,26(33)30(2)3)22-15-20-24(36-22)18(8-9-29-20)19-14-17(28)12-16-13-21(35-23(16)19)25(32)31-10-6-5-7-11-31/h8-9,12,14-15,21,34H,4-7,10-11,13H2,1-3H3. The largest absolute Gasteiger partial charge is 0.479 e. The van der Waals surface area contributed by atoms with E-state index < -0.39 is 11.7 Å². The molecule has 0 aliphatic carbocycles. The molecule has 0 saturated carbocycles. The predicted molar refractivity (Wildman–Crippen MR) is 141 cm³/mol. The lowest BCUT2D eigenvalue weighted by molar-refractivity contribution is -0.149. The first-order valence-electron chi connectivity index (χ1n) is 12.3. The van der Waals surface area contributed by atoms with Crippen LogP contribution in [0.4, 0.5) is 0 Å². The molecule has 1 N–H and O–H groups in total. The van der Waals surface area contributed by atoms with Crippen molar-refractivity contribution in [2.45, 2.75) is 50.7 Å². The zero-order valence-corrected chi connectivity index (χ0v) is 22.3. The second-order valence-electron chi connectivity index (χ2n) is 9.74. The number of thiophene rings is 1. The van der Waals surface area contributed by atoms with Crippen molar-refractivity contribution >= 4 is 45.0 Å². The van der Waals surface area contributed by atoms with Gasteiger partial charge in [0.15, 0.2) is 11.7 Å². The van der Waals surface area contributed by atoms with Gasteiger partial charge in [-0.2, -0.15) is 0 Å². The third kappa shape index (κ3) is 4.25. The average molecular weight is 528 g/mol. The number of likely N-dealkylation sites (tertiary alicyclic amines) is 1. The quantitative estimate of drug-likeness (QED) is 0.523. The lowest BCUT2D eigenvalue weighted by Crippen LogP contribution is -2.43. The van der Waals surface area contributed by atoms with Gasteiger partial charge < -0.3 is 19.6 Å². The molecular formula is C27H30ClN3O4S. The van der Waals surface area contributed by atoms with Crippen LogP contribution < -0.4 is 4.74 Å². The number of benzene rings is 1. The first kappa shape index (κ1) is 25.0. The van der Waals surface area contributed by atoms with Crippen LogP contribution >= 0.6 is 22.9 Å². The minimum Gasteiger partial charge on any atom is -0.479 e. The van der Waals surface area contributed by atoms with Gasteiger partial charge in [0.1, 0.15) is 5.75 Å². The number of carbonyl (C=O) groups is 2. The van der Waals surface area contributed by atoms with Gasteiger partial charge in [0, 0.05) is 66.4 Å². The summed E-state index contributed by atoms with van der Waals surface area (Å²) in [7, 11) is 3.27. The number of ether oxygens (including phenoxy) is 1. The van der Waals surface area contributed by atoms with Crippen LogP contribution in [0.5, 0.6) is 5.75 Å². The van der Waals surface area contributed by atoms with Gasteiger partial charge in [0.2, 0.25) is 0 Å².